The Labute approximate surface area is 243 Å². The van der Waals surface area contributed by atoms with E-state index >= 15 is 0 Å². The zero-order valence-corrected chi connectivity index (χ0v) is 24.0. The topological polar surface area (TPSA) is 129 Å². The van der Waals surface area contributed by atoms with Gasteiger partial charge in [0, 0.05) is 45.4 Å². The Balaban J connectivity index is 1.27. The predicted molar refractivity (Wildman–Crippen MR) is 147 cm³/mol. The first-order valence-electron chi connectivity index (χ1n) is 14.2. The largest absolute Gasteiger partial charge is 0.423 e. The van der Waals surface area contributed by atoms with Gasteiger partial charge in [-0.1, -0.05) is 19.8 Å². The van der Waals surface area contributed by atoms with Crippen molar-refractivity contribution in [3.8, 4) is 6.07 Å². The fourth-order valence-electron chi connectivity index (χ4n) is 5.93. The van der Waals surface area contributed by atoms with Gasteiger partial charge in [0.2, 0.25) is 6.35 Å². The summed E-state index contributed by atoms with van der Waals surface area (Å²) in [7, 11) is 3.61. The van der Waals surface area contributed by atoms with Crippen LogP contribution in [0.2, 0.25) is 0 Å². The molecule has 0 radical (unpaired) electrons. The van der Waals surface area contributed by atoms with Crippen molar-refractivity contribution >= 4 is 17.5 Å². The molecule has 3 aliphatic rings. The molecule has 4 rings (SSSR count). The van der Waals surface area contributed by atoms with Gasteiger partial charge in [-0.15, -0.1) is 0 Å². The van der Waals surface area contributed by atoms with Gasteiger partial charge < -0.3 is 30.1 Å². The second kappa shape index (κ2) is 12.5. The van der Waals surface area contributed by atoms with Crippen LogP contribution in [0, 0.1) is 17.2 Å². The van der Waals surface area contributed by atoms with Gasteiger partial charge in [-0.2, -0.15) is 18.4 Å². The molecule has 13 heteroatoms. The standard InChI is InChI=1S/C29H38F3N5O5/c1-18-13-28(42-23(18)17-38)14-24(28)37-16-21(29(30,31)32)26(40)36(27(37)41)11-7-5-4-6-10-34-25(39)19-8-9-22(35(2)3)20(12-19)15-33/h8-9,12,16,18,23-24,27,38,41H,4-7,10-11,13-14,17H2,1-3H3,(H,34,39)/t18-,23?,24+,27?,28?/m1/s1. The minimum Gasteiger partial charge on any atom is -0.394 e. The molecule has 5 atom stereocenters. The normalized spacial score (nSPS) is 27.2. The van der Waals surface area contributed by atoms with Gasteiger partial charge in [0.15, 0.2) is 0 Å². The number of ether oxygens (including phenoxy) is 1. The van der Waals surface area contributed by atoms with Gasteiger partial charge in [-0.3, -0.25) is 14.5 Å². The third-order valence-corrected chi connectivity index (χ3v) is 8.31. The van der Waals surface area contributed by atoms with Crippen LogP contribution in [0.3, 0.4) is 0 Å². The van der Waals surface area contributed by atoms with Crippen molar-refractivity contribution in [2.75, 3.05) is 38.7 Å². The van der Waals surface area contributed by atoms with E-state index in [1.165, 1.54) is 11.0 Å². The molecule has 230 valence electrons. The van der Waals surface area contributed by atoms with Crippen LogP contribution < -0.4 is 10.2 Å². The van der Waals surface area contributed by atoms with Crippen LogP contribution in [0.15, 0.2) is 30.0 Å². The SMILES string of the molecule is C[C@@H]1CC2(C[C@@H]2N2C=C(C(F)(F)F)C(=O)N(CCCCCCNC(=O)c3ccc(N(C)C)c(C#N)c3)C2O)OC1CO. The maximum atomic E-state index is 13.8. The number of aliphatic hydroxyl groups excluding tert-OH is 2. The molecule has 1 spiro atoms. The second-order valence-corrected chi connectivity index (χ2v) is 11.5. The molecule has 2 heterocycles. The summed E-state index contributed by atoms with van der Waals surface area (Å²) in [6, 6.07) is 6.44. The third-order valence-electron chi connectivity index (χ3n) is 8.31. The molecule has 1 aliphatic carbocycles. The minimum absolute atomic E-state index is 0.0224. The van der Waals surface area contributed by atoms with Crippen LogP contribution in [0.4, 0.5) is 18.9 Å². The lowest BCUT2D eigenvalue weighted by Gasteiger charge is -2.41. The van der Waals surface area contributed by atoms with Gasteiger partial charge >= 0.3 is 6.18 Å². The van der Waals surface area contributed by atoms with Crippen molar-refractivity contribution in [3.05, 3.63) is 41.1 Å². The summed E-state index contributed by atoms with van der Waals surface area (Å²) in [4.78, 5) is 29.0. The molecule has 2 aliphatic heterocycles. The Bertz CT molecular complexity index is 1250. The quantitative estimate of drug-likeness (QED) is 0.334. The number of unbranched alkanes of at least 4 members (excludes halogenated alkanes) is 3. The molecular formula is C29H38F3N5O5. The molecule has 0 aromatic heterocycles. The second-order valence-electron chi connectivity index (χ2n) is 11.5. The highest BCUT2D eigenvalue weighted by Crippen LogP contribution is 2.55. The molecule has 0 bridgehead atoms. The Morgan fingerprint density at radius 3 is 2.57 bits per heavy atom. The van der Waals surface area contributed by atoms with Gasteiger partial charge in [0.1, 0.15) is 11.6 Å². The van der Waals surface area contributed by atoms with Gasteiger partial charge in [0.25, 0.3) is 11.8 Å². The van der Waals surface area contributed by atoms with Crippen LogP contribution in [0.25, 0.3) is 0 Å². The summed E-state index contributed by atoms with van der Waals surface area (Å²) in [5.74, 6) is -1.55. The number of carbonyl (C=O) groups is 2. The van der Waals surface area contributed by atoms with Crippen molar-refractivity contribution in [2.24, 2.45) is 5.92 Å². The van der Waals surface area contributed by atoms with Crippen LogP contribution in [0.1, 0.15) is 61.4 Å². The summed E-state index contributed by atoms with van der Waals surface area (Å²) < 4.78 is 47.3. The number of amides is 2. The molecule has 1 aromatic rings. The van der Waals surface area contributed by atoms with E-state index in [1.54, 1.807) is 17.0 Å². The third kappa shape index (κ3) is 6.50. The number of nitriles is 1. The first-order valence-corrected chi connectivity index (χ1v) is 14.2. The number of aliphatic hydroxyl groups is 2. The van der Waals surface area contributed by atoms with E-state index in [9.17, 15) is 38.2 Å². The molecule has 2 amide bonds. The monoisotopic (exact) mass is 593 g/mol. The maximum Gasteiger partial charge on any atom is 0.423 e. The molecule has 2 fully saturated rings. The van der Waals surface area contributed by atoms with E-state index in [4.69, 9.17) is 4.74 Å². The summed E-state index contributed by atoms with van der Waals surface area (Å²) in [5.41, 5.74) is -0.612. The Morgan fingerprint density at radius 2 is 1.95 bits per heavy atom. The molecule has 1 saturated carbocycles. The highest BCUT2D eigenvalue weighted by Gasteiger charge is 2.65. The van der Waals surface area contributed by atoms with Crippen molar-refractivity contribution in [1.29, 1.82) is 5.26 Å². The lowest BCUT2D eigenvalue weighted by atomic mass is 10.0. The Hall–Kier alpha value is -3.34. The van der Waals surface area contributed by atoms with Crippen molar-refractivity contribution < 1.29 is 37.7 Å². The molecule has 1 aromatic carbocycles. The lowest BCUT2D eigenvalue weighted by Crippen LogP contribution is -2.56. The van der Waals surface area contributed by atoms with Crippen molar-refractivity contribution in [3.63, 3.8) is 0 Å². The number of anilines is 1. The average molecular weight is 594 g/mol. The number of halogens is 3. The molecule has 1 saturated heterocycles. The van der Waals surface area contributed by atoms with Gasteiger partial charge in [0.05, 0.1) is 35.6 Å². The van der Waals surface area contributed by atoms with E-state index in [0.717, 1.165) is 4.90 Å². The van der Waals surface area contributed by atoms with Crippen LogP contribution in [-0.4, -0.2) is 95.9 Å². The smallest absolute Gasteiger partial charge is 0.394 e. The number of benzene rings is 1. The maximum absolute atomic E-state index is 13.8. The Kier molecular flexibility index (Phi) is 9.39. The number of nitrogens with one attached hydrogen (secondary N) is 1. The van der Waals surface area contributed by atoms with Crippen molar-refractivity contribution in [1.82, 2.24) is 15.1 Å². The molecular weight excluding hydrogens is 555 g/mol. The van der Waals surface area contributed by atoms with E-state index in [-0.39, 0.29) is 25.0 Å². The predicted octanol–water partition coefficient (Wildman–Crippen LogP) is 2.71. The summed E-state index contributed by atoms with van der Waals surface area (Å²) in [6.45, 7) is 2.01. The Morgan fingerprint density at radius 1 is 1.24 bits per heavy atom. The van der Waals surface area contributed by atoms with Gasteiger partial charge in [-0.25, -0.2) is 0 Å². The van der Waals surface area contributed by atoms with E-state index in [2.05, 4.69) is 11.4 Å². The van der Waals surface area contributed by atoms with E-state index in [0.29, 0.717) is 68.1 Å². The van der Waals surface area contributed by atoms with E-state index in [1.807, 2.05) is 21.0 Å². The zero-order valence-electron chi connectivity index (χ0n) is 24.0. The lowest BCUT2D eigenvalue weighted by molar-refractivity contribution is -0.170. The number of alkyl halides is 3. The molecule has 3 unspecified atom stereocenters. The minimum atomic E-state index is -4.88. The molecule has 42 heavy (non-hydrogen) atoms. The zero-order chi connectivity index (χ0) is 30.8. The highest BCUT2D eigenvalue weighted by atomic mass is 19.4. The fraction of sp³-hybridized carbons (Fsp3) is 0.621. The first kappa shape index (κ1) is 31.6. The number of rotatable bonds is 11. The average Bonchev–Trinajstić information content (AvgIpc) is 3.52. The van der Waals surface area contributed by atoms with Gasteiger partial charge in [-0.05, 0) is 43.4 Å². The van der Waals surface area contributed by atoms with Crippen LogP contribution in [0.5, 0.6) is 0 Å². The fourth-order valence-corrected chi connectivity index (χ4v) is 5.93. The number of hydrogen-bond donors (Lipinski definition) is 3. The van der Waals surface area contributed by atoms with Crippen molar-refractivity contribution in [2.45, 2.75) is 75.7 Å². The molecule has 10 nitrogen and oxygen atoms in total. The summed E-state index contributed by atoms with van der Waals surface area (Å²) in [6.07, 6.45) is -3.01. The van der Waals surface area contributed by atoms with Crippen LogP contribution in [-0.2, 0) is 9.53 Å². The number of hydrogen-bond acceptors (Lipinski definition) is 8. The van der Waals surface area contributed by atoms with Crippen LogP contribution >= 0.6 is 0 Å². The first-order chi connectivity index (χ1) is 19.8. The summed E-state index contributed by atoms with van der Waals surface area (Å²) in [5, 5.41) is 32.7. The number of carbonyl (C=O) groups excluding carboxylic acids is 2. The summed E-state index contributed by atoms with van der Waals surface area (Å²) >= 11 is 0. The molecule has 3 N–H and O–H groups in total. The van der Waals surface area contributed by atoms with E-state index < -0.39 is 41.8 Å². The number of nitrogens with zero attached hydrogens (tertiary/aromatic N) is 4. The highest BCUT2D eigenvalue weighted by molar-refractivity contribution is 5.96.